The first-order chi connectivity index (χ1) is 14.1. The van der Waals surface area contributed by atoms with Gasteiger partial charge in [-0.1, -0.05) is 23.2 Å². The van der Waals surface area contributed by atoms with Crippen LogP contribution in [0.4, 0.5) is 0 Å². The first-order valence-corrected chi connectivity index (χ1v) is 11.7. The van der Waals surface area contributed by atoms with Gasteiger partial charge in [-0.15, -0.1) is 0 Å². The molecule has 1 aliphatic rings. The van der Waals surface area contributed by atoms with Crippen molar-refractivity contribution in [3.05, 3.63) is 40.3 Å². The minimum atomic E-state index is -3.71. The minimum Gasteiger partial charge on any atom is -0.479 e. The Labute approximate surface area is 186 Å². The second-order valence-corrected chi connectivity index (χ2v) is 9.88. The normalized spacial score (nSPS) is 16.9. The van der Waals surface area contributed by atoms with Gasteiger partial charge in [-0.05, 0) is 38.5 Å². The van der Waals surface area contributed by atoms with Gasteiger partial charge in [0.25, 0.3) is 15.9 Å². The quantitative estimate of drug-likeness (QED) is 0.664. The Hall–Kier alpha value is -1.81. The number of rotatable bonds is 5. The van der Waals surface area contributed by atoms with Crippen LogP contribution in [0.5, 0.6) is 5.75 Å². The zero-order chi connectivity index (χ0) is 22.1. The van der Waals surface area contributed by atoms with Gasteiger partial charge in [-0.3, -0.25) is 4.79 Å². The summed E-state index contributed by atoms with van der Waals surface area (Å²) < 4.78 is 34.6. The van der Waals surface area contributed by atoms with Crippen molar-refractivity contribution >= 4 is 39.1 Å². The maximum Gasteiger partial charge on any atom is 0.263 e. The molecule has 0 N–H and O–H groups in total. The molecule has 2 aromatic rings. The van der Waals surface area contributed by atoms with Gasteiger partial charge in [-0.2, -0.15) is 4.31 Å². The summed E-state index contributed by atoms with van der Waals surface area (Å²) in [6, 6.07) is 4.79. The monoisotopic (exact) mass is 474 g/mol. The Bertz CT molecular complexity index is 1020. The molecule has 0 aliphatic carbocycles. The number of hydrogen-bond donors (Lipinski definition) is 0. The fourth-order valence-electron chi connectivity index (χ4n) is 3.21. The van der Waals surface area contributed by atoms with Crippen molar-refractivity contribution in [2.45, 2.75) is 31.4 Å². The van der Waals surface area contributed by atoms with Gasteiger partial charge >= 0.3 is 0 Å². The van der Waals surface area contributed by atoms with Crippen LogP contribution < -0.4 is 4.74 Å². The van der Waals surface area contributed by atoms with E-state index in [0.29, 0.717) is 41.1 Å². The molecule has 0 saturated carbocycles. The number of benzene rings is 1. The number of aryl methyl sites for hydroxylation is 2. The van der Waals surface area contributed by atoms with Crippen LogP contribution in [0.15, 0.2) is 29.4 Å². The van der Waals surface area contributed by atoms with Crippen molar-refractivity contribution in [1.82, 2.24) is 18.8 Å². The highest BCUT2D eigenvalue weighted by Gasteiger charge is 2.31. The second-order valence-electron chi connectivity index (χ2n) is 7.16. The average molecular weight is 475 g/mol. The molecule has 1 aromatic carbocycles. The molecule has 2 heterocycles. The number of sulfonamides is 1. The van der Waals surface area contributed by atoms with Crippen LogP contribution in [0.25, 0.3) is 0 Å². The Morgan fingerprint density at radius 1 is 1.20 bits per heavy atom. The largest absolute Gasteiger partial charge is 0.479 e. The number of imidazole rings is 1. The molecule has 164 valence electrons. The van der Waals surface area contributed by atoms with Gasteiger partial charge in [0.1, 0.15) is 11.6 Å². The minimum absolute atomic E-state index is 0.0244. The molecule has 1 saturated heterocycles. The highest BCUT2D eigenvalue weighted by molar-refractivity contribution is 7.89. The van der Waals surface area contributed by atoms with E-state index in [1.807, 2.05) is 0 Å². The Kier molecular flexibility index (Phi) is 6.96. The lowest BCUT2D eigenvalue weighted by Crippen LogP contribution is -2.43. The summed E-state index contributed by atoms with van der Waals surface area (Å²) in [4.78, 5) is 18.6. The third-order valence-electron chi connectivity index (χ3n) is 5.00. The third kappa shape index (κ3) is 4.91. The van der Waals surface area contributed by atoms with E-state index < -0.39 is 16.1 Å². The fraction of sp³-hybridized carbons (Fsp3) is 0.474. The van der Waals surface area contributed by atoms with E-state index >= 15 is 0 Å². The van der Waals surface area contributed by atoms with Crippen molar-refractivity contribution in [2.75, 3.05) is 26.2 Å². The number of hydrogen-bond acceptors (Lipinski definition) is 5. The second kappa shape index (κ2) is 9.13. The lowest BCUT2D eigenvalue weighted by molar-refractivity contribution is -0.137. The van der Waals surface area contributed by atoms with E-state index in [9.17, 15) is 13.2 Å². The highest BCUT2D eigenvalue weighted by Crippen LogP contribution is 2.28. The molecule has 1 fully saturated rings. The molecule has 1 atom stereocenters. The molecule has 0 bridgehead atoms. The van der Waals surface area contributed by atoms with Gasteiger partial charge in [-0.25, -0.2) is 13.4 Å². The van der Waals surface area contributed by atoms with Gasteiger partial charge in [0.2, 0.25) is 0 Å². The molecule has 1 aromatic heterocycles. The molecule has 3 rings (SSSR count). The van der Waals surface area contributed by atoms with Gasteiger partial charge in [0.15, 0.2) is 11.1 Å². The summed E-state index contributed by atoms with van der Waals surface area (Å²) in [5, 5.41) is 0.820. The van der Waals surface area contributed by atoms with Crippen molar-refractivity contribution in [2.24, 2.45) is 7.05 Å². The van der Waals surface area contributed by atoms with Crippen molar-refractivity contribution < 1.29 is 17.9 Å². The summed E-state index contributed by atoms with van der Waals surface area (Å²) >= 11 is 12.0. The van der Waals surface area contributed by atoms with E-state index in [1.165, 1.54) is 10.5 Å². The predicted molar refractivity (Wildman–Crippen MR) is 114 cm³/mol. The number of amides is 1. The van der Waals surface area contributed by atoms with Crippen LogP contribution >= 0.6 is 23.2 Å². The first kappa shape index (κ1) is 22.9. The first-order valence-electron chi connectivity index (χ1n) is 9.50. The average Bonchev–Trinajstić information content (AvgIpc) is 2.89. The molecule has 1 amide bonds. The van der Waals surface area contributed by atoms with Crippen molar-refractivity contribution in [1.29, 1.82) is 0 Å². The lowest BCUT2D eigenvalue weighted by atomic mass is 10.3. The number of halogens is 2. The van der Waals surface area contributed by atoms with Gasteiger partial charge < -0.3 is 14.2 Å². The fourth-order valence-corrected chi connectivity index (χ4v) is 5.15. The maximum absolute atomic E-state index is 12.9. The number of carbonyl (C=O) groups is 1. The molecule has 11 heteroatoms. The highest BCUT2D eigenvalue weighted by atomic mass is 35.5. The molecule has 8 nitrogen and oxygen atoms in total. The zero-order valence-electron chi connectivity index (χ0n) is 17.0. The summed E-state index contributed by atoms with van der Waals surface area (Å²) in [5.74, 6) is 0.757. The smallest absolute Gasteiger partial charge is 0.263 e. The molecular formula is C19H24Cl2N4O4S. The standard InChI is InChI=1S/C19H24Cl2N4O4S/c1-13(29-17-6-5-15(20)11-16(17)21)19(26)24-7-4-8-25(10-9-24)30(27,28)18-12-23(3)14(2)22-18/h5-6,11-13H,4,7-10H2,1-3H3. The van der Waals surface area contributed by atoms with E-state index in [1.54, 1.807) is 48.6 Å². The topological polar surface area (TPSA) is 84.7 Å². The summed E-state index contributed by atoms with van der Waals surface area (Å²) in [7, 11) is -1.96. The molecule has 0 radical (unpaired) electrons. The molecular weight excluding hydrogens is 451 g/mol. The number of carbonyl (C=O) groups excluding carboxylic acids is 1. The van der Waals surface area contributed by atoms with E-state index in [0.717, 1.165) is 0 Å². The molecule has 1 unspecified atom stereocenters. The number of ether oxygens (including phenoxy) is 1. The van der Waals surface area contributed by atoms with E-state index in [4.69, 9.17) is 27.9 Å². The van der Waals surface area contributed by atoms with Crippen LogP contribution in [0.3, 0.4) is 0 Å². The van der Waals surface area contributed by atoms with Crippen LogP contribution in [-0.2, 0) is 21.9 Å². The SMILES string of the molecule is Cc1nc(S(=O)(=O)N2CCCN(C(=O)C(C)Oc3ccc(Cl)cc3Cl)CC2)cn1C. The molecule has 0 spiro atoms. The van der Waals surface area contributed by atoms with Gasteiger partial charge in [0, 0.05) is 44.4 Å². The summed E-state index contributed by atoms with van der Waals surface area (Å²) in [6.07, 6.45) is 1.25. The van der Waals surface area contributed by atoms with Crippen LogP contribution in [-0.4, -0.2) is 65.4 Å². The van der Waals surface area contributed by atoms with Gasteiger partial charge in [0.05, 0.1) is 5.02 Å². The predicted octanol–water partition coefficient (Wildman–Crippen LogP) is 2.73. The summed E-state index contributed by atoms with van der Waals surface area (Å²) in [5.41, 5.74) is 0. The van der Waals surface area contributed by atoms with Crippen molar-refractivity contribution in [3.63, 3.8) is 0 Å². The maximum atomic E-state index is 12.9. The Morgan fingerprint density at radius 2 is 1.93 bits per heavy atom. The van der Waals surface area contributed by atoms with Crippen LogP contribution in [0.1, 0.15) is 19.2 Å². The number of aromatic nitrogens is 2. The number of nitrogens with zero attached hydrogens (tertiary/aromatic N) is 4. The Morgan fingerprint density at radius 3 is 2.57 bits per heavy atom. The summed E-state index contributed by atoms with van der Waals surface area (Å²) in [6.45, 7) is 4.61. The molecule has 30 heavy (non-hydrogen) atoms. The van der Waals surface area contributed by atoms with E-state index in [2.05, 4.69) is 4.98 Å². The zero-order valence-corrected chi connectivity index (χ0v) is 19.3. The Balaban J connectivity index is 1.66. The molecule has 1 aliphatic heterocycles. The van der Waals surface area contributed by atoms with Crippen LogP contribution in [0, 0.1) is 6.92 Å². The van der Waals surface area contributed by atoms with E-state index in [-0.39, 0.29) is 24.0 Å². The lowest BCUT2D eigenvalue weighted by Gasteiger charge is -2.25. The van der Waals surface area contributed by atoms with Crippen LogP contribution in [0.2, 0.25) is 10.0 Å². The third-order valence-corrected chi connectivity index (χ3v) is 7.30. The van der Waals surface area contributed by atoms with Crippen molar-refractivity contribution in [3.8, 4) is 5.75 Å².